The van der Waals surface area contributed by atoms with Crippen molar-refractivity contribution in [3.63, 3.8) is 0 Å². The van der Waals surface area contributed by atoms with E-state index < -0.39 is 15.1 Å². The molecule has 0 radical (unpaired) electrons. The van der Waals surface area contributed by atoms with Crippen molar-refractivity contribution in [2.24, 2.45) is 0 Å². The summed E-state index contributed by atoms with van der Waals surface area (Å²) in [6.07, 6.45) is 0.550. The number of hydrogen-bond acceptors (Lipinski definition) is 6. The third-order valence-corrected chi connectivity index (χ3v) is 6.32. The van der Waals surface area contributed by atoms with Crippen LogP contribution in [0.1, 0.15) is 30.9 Å². The van der Waals surface area contributed by atoms with Crippen LogP contribution in [-0.2, 0) is 27.5 Å². The largest absolute Gasteiger partial charge is 0.407 e. The lowest BCUT2D eigenvalue weighted by atomic mass is 10.1. The van der Waals surface area contributed by atoms with Gasteiger partial charge in [-0.05, 0) is 37.1 Å². The molecule has 0 saturated carbocycles. The average Bonchev–Trinajstić information content (AvgIpc) is 3.09. The van der Waals surface area contributed by atoms with Gasteiger partial charge in [0, 0.05) is 0 Å². The van der Waals surface area contributed by atoms with Crippen LogP contribution < -0.4 is 5.32 Å². The molecule has 146 valence electrons. The second-order valence-corrected chi connectivity index (χ2v) is 9.13. The normalized spacial score (nSPS) is 11.5. The highest BCUT2D eigenvalue weighted by Crippen LogP contribution is 2.18. The molecule has 0 aliphatic heterocycles. The minimum absolute atomic E-state index is 0.0370. The molecule has 0 aliphatic rings. The number of rotatable bonds is 7. The van der Waals surface area contributed by atoms with Gasteiger partial charge in [-0.3, -0.25) is 10.1 Å². The van der Waals surface area contributed by atoms with E-state index in [0.29, 0.717) is 12.3 Å². The van der Waals surface area contributed by atoms with Gasteiger partial charge in [0.05, 0.1) is 23.0 Å². The fourth-order valence-electron chi connectivity index (χ4n) is 2.56. The van der Waals surface area contributed by atoms with Gasteiger partial charge in [0.1, 0.15) is 0 Å². The maximum Gasteiger partial charge on any atom is 0.322 e. The molecule has 28 heavy (non-hydrogen) atoms. The maximum atomic E-state index is 12.2. The molecule has 7 nitrogen and oxygen atoms in total. The number of hydrogen-bond donors (Lipinski definition) is 1. The molecular weight excluding hydrogens is 378 g/mol. The standard InChI is InChI=1S/C20H21N3O4S/c1-14(2)28(25,26)17-10-8-16(9-11-17)13-19-22-23-20(27-19)21-18(24)12-15-6-4-3-5-7-15/h3-11,14H,12-13H2,1-2H3,(H,21,23,24). The Labute approximate surface area is 163 Å². The summed E-state index contributed by atoms with van der Waals surface area (Å²) in [7, 11) is -3.30. The number of aromatic nitrogens is 2. The third kappa shape index (κ3) is 4.83. The van der Waals surface area contributed by atoms with Crippen LogP contribution in [0.25, 0.3) is 0 Å². The fourth-order valence-corrected chi connectivity index (χ4v) is 3.62. The van der Waals surface area contributed by atoms with Gasteiger partial charge in [-0.1, -0.05) is 47.6 Å². The summed E-state index contributed by atoms with van der Waals surface area (Å²) in [5.41, 5.74) is 1.71. The van der Waals surface area contributed by atoms with E-state index in [9.17, 15) is 13.2 Å². The van der Waals surface area contributed by atoms with Crippen molar-refractivity contribution in [1.82, 2.24) is 10.2 Å². The Morgan fingerprint density at radius 2 is 1.68 bits per heavy atom. The Morgan fingerprint density at radius 1 is 1.00 bits per heavy atom. The van der Waals surface area contributed by atoms with Gasteiger partial charge in [-0.25, -0.2) is 8.42 Å². The number of anilines is 1. The number of sulfone groups is 1. The van der Waals surface area contributed by atoms with E-state index >= 15 is 0 Å². The van der Waals surface area contributed by atoms with E-state index in [0.717, 1.165) is 11.1 Å². The zero-order valence-corrected chi connectivity index (χ0v) is 16.4. The highest BCUT2D eigenvalue weighted by molar-refractivity contribution is 7.92. The number of amides is 1. The van der Waals surface area contributed by atoms with Crippen molar-refractivity contribution in [3.8, 4) is 0 Å². The first kappa shape index (κ1) is 19.8. The summed E-state index contributed by atoms with van der Waals surface area (Å²) in [5.74, 6) is 0.0825. The molecule has 0 spiro atoms. The van der Waals surface area contributed by atoms with Gasteiger partial charge < -0.3 is 4.42 Å². The summed E-state index contributed by atoms with van der Waals surface area (Å²) in [4.78, 5) is 12.3. The van der Waals surface area contributed by atoms with Gasteiger partial charge in [0.2, 0.25) is 11.8 Å². The molecular formula is C20H21N3O4S. The molecule has 2 aromatic carbocycles. The minimum Gasteiger partial charge on any atom is -0.407 e. The molecule has 1 heterocycles. The highest BCUT2D eigenvalue weighted by Gasteiger charge is 2.19. The fraction of sp³-hybridized carbons (Fsp3) is 0.250. The summed E-state index contributed by atoms with van der Waals surface area (Å²) < 4.78 is 29.8. The van der Waals surface area contributed by atoms with E-state index in [1.807, 2.05) is 30.3 Å². The molecule has 0 saturated heterocycles. The lowest BCUT2D eigenvalue weighted by Gasteiger charge is -2.08. The smallest absolute Gasteiger partial charge is 0.322 e. The molecule has 0 unspecified atom stereocenters. The van der Waals surface area contributed by atoms with Gasteiger partial charge >= 0.3 is 6.01 Å². The van der Waals surface area contributed by atoms with Crippen molar-refractivity contribution >= 4 is 21.8 Å². The zero-order chi connectivity index (χ0) is 20.1. The zero-order valence-electron chi connectivity index (χ0n) is 15.6. The molecule has 0 bridgehead atoms. The van der Waals surface area contributed by atoms with Crippen LogP contribution >= 0.6 is 0 Å². The summed E-state index contributed by atoms with van der Waals surface area (Å²) in [6, 6.07) is 16.0. The molecule has 1 amide bonds. The van der Waals surface area contributed by atoms with E-state index in [-0.39, 0.29) is 23.2 Å². The van der Waals surface area contributed by atoms with Crippen LogP contribution in [0.5, 0.6) is 0 Å². The number of carbonyl (C=O) groups excluding carboxylic acids is 1. The molecule has 0 fully saturated rings. The van der Waals surface area contributed by atoms with Crippen LogP contribution in [0.4, 0.5) is 6.01 Å². The van der Waals surface area contributed by atoms with Gasteiger partial charge in [0.25, 0.3) is 0 Å². The average molecular weight is 399 g/mol. The molecule has 0 atom stereocenters. The third-order valence-electron chi connectivity index (χ3n) is 4.15. The maximum absolute atomic E-state index is 12.2. The molecule has 1 aromatic heterocycles. The van der Waals surface area contributed by atoms with Gasteiger partial charge in [0.15, 0.2) is 9.84 Å². The minimum atomic E-state index is -3.30. The van der Waals surface area contributed by atoms with E-state index in [2.05, 4.69) is 15.5 Å². The predicted octanol–water partition coefficient (Wildman–Crippen LogP) is 3.02. The topological polar surface area (TPSA) is 102 Å². The molecule has 8 heteroatoms. The van der Waals surface area contributed by atoms with Crippen LogP contribution in [-0.4, -0.2) is 29.8 Å². The number of nitrogens with zero attached hydrogens (tertiary/aromatic N) is 2. The van der Waals surface area contributed by atoms with Crippen molar-refractivity contribution in [1.29, 1.82) is 0 Å². The Bertz CT molecular complexity index is 1040. The number of benzene rings is 2. The monoisotopic (exact) mass is 399 g/mol. The quantitative estimate of drug-likeness (QED) is 0.655. The Hall–Kier alpha value is -3.00. The highest BCUT2D eigenvalue weighted by atomic mass is 32.2. The Balaban J connectivity index is 1.61. The van der Waals surface area contributed by atoms with E-state index in [1.165, 1.54) is 0 Å². The second kappa shape index (κ2) is 8.35. The van der Waals surface area contributed by atoms with E-state index in [1.54, 1.807) is 38.1 Å². The first-order valence-electron chi connectivity index (χ1n) is 8.83. The van der Waals surface area contributed by atoms with Gasteiger partial charge in [-0.2, -0.15) is 0 Å². The lowest BCUT2D eigenvalue weighted by molar-refractivity contribution is -0.115. The number of carbonyl (C=O) groups is 1. The lowest BCUT2D eigenvalue weighted by Crippen LogP contribution is -2.14. The Morgan fingerprint density at radius 3 is 2.32 bits per heavy atom. The van der Waals surface area contributed by atoms with Crippen molar-refractivity contribution in [2.45, 2.75) is 36.8 Å². The molecule has 0 aliphatic carbocycles. The van der Waals surface area contributed by atoms with Crippen LogP contribution in [0.15, 0.2) is 63.9 Å². The summed E-state index contributed by atoms with van der Waals surface area (Å²) in [5, 5.41) is 9.85. The Kier molecular flexibility index (Phi) is 5.89. The summed E-state index contributed by atoms with van der Waals surface area (Å²) in [6.45, 7) is 3.30. The molecule has 3 rings (SSSR count). The van der Waals surface area contributed by atoms with Crippen molar-refractivity contribution < 1.29 is 17.6 Å². The summed E-state index contributed by atoms with van der Waals surface area (Å²) >= 11 is 0. The van der Waals surface area contributed by atoms with Gasteiger partial charge in [-0.15, -0.1) is 5.10 Å². The van der Waals surface area contributed by atoms with Crippen LogP contribution in [0.3, 0.4) is 0 Å². The second-order valence-electron chi connectivity index (χ2n) is 6.63. The first-order chi connectivity index (χ1) is 13.3. The van der Waals surface area contributed by atoms with Crippen LogP contribution in [0, 0.1) is 0 Å². The molecule has 3 aromatic rings. The number of nitrogens with one attached hydrogen (secondary N) is 1. The van der Waals surface area contributed by atoms with Crippen molar-refractivity contribution in [3.05, 3.63) is 71.6 Å². The van der Waals surface area contributed by atoms with E-state index in [4.69, 9.17) is 4.42 Å². The van der Waals surface area contributed by atoms with Crippen LogP contribution in [0.2, 0.25) is 0 Å². The van der Waals surface area contributed by atoms with Crippen molar-refractivity contribution in [2.75, 3.05) is 5.32 Å². The predicted molar refractivity (Wildman–Crippen MR) is 105 cm³/mol. The first-order valence-corrected chi connectivity index (χ1v) is 10.4. The molecule has 1 N–H and O–H groups in total. The SMILES string of the molecule is CC(C)S(=O)(=O)c1ccc(Cc2nnc(NC(=O)Cc3ccccc3)o2)cc1.